The molecule has 5 heteroatoms. The lowest BCUT2D eigenvalue weighted by Gasteiger charge is -2.02. The fourth-order valence-electron chi connectivity index (χ4n) is 0.857. The van der Waals surface area contributed by atoms with Crippen LogP contribution >= 0.6 is 0 Å². The van der Waals surface area contributed by atoms with Gasteiger partial charge in [-0.05, 0) is 6.42 Å². The summed E-state index contributed by atoms with van der Waals surface area (Å²) in [7, 11) is 1.59. The number of nitrogens with two attached hydrogens (primary N) is 1. The van der Waals surface area contributed by atoms with Crippen LogP contribution in [0.5, 0.6) is 0 Å². The molecule has 14 heavy (non-hydrogen) atoms. The molecule has 0 unspecified atom stereocenters. The minimum Gasteiger partial charge on any atom is -0.387 e. The molecule has 0 aliphatic rings. The number of methoxy groups -OCH3 is 1. The van der Waals surface area contributed by atoms with Gasteiger partial charge in [-0.3, -0.25) is 9.79 Å². The van der Waals surface area contributed by atoms with Crippen LogP contribution in [-0.4, -0.2) is 38.5 Å². The van der Waals surface area contributed by atoms with Crippen molar-refractivity contribution in [3.63, 3.8) is 0 Å². The highest BCUT2D eigenvalue weighted by Gasteiger charge is 1.98. The molecule has 0 aliphatic heterocycles. The van der Waals surface area contributed by atoms with Gasteiger partial charge in [0.15, 0.2) is 0 Å². The fraction of sp³-hybridized carbons (Fsp3) is 0.778. The summed E-state index contributed by atoms with van der Waals surface area (Å²) in [4.78, 5) is 15.0. The Morgan fingerprint density at radius 3 is 2.86 bits per heavy atom. The molecule has 1 amide bonds. The number of amides is 1. The number of hydrogen-bond donors (Lipinski definition) is 2. The fourth-order valence-corrected chi connectivity index (χ4v) is 0.857. The van der Waals surface area contributed by atoms with E-state index in [9.17, 15) is 4.79 Å². The summed E-state index contributed by atoms with van der Waals surface area (Å²) in [6, 6.07) is 0. The molecule has 0 bridgehead atoms. The van der Waals surface area contributed by atoms with E-state index >= 15 is 0 Å². The van der Waals surface area contributed by atoms with E-state index in [4.69, 9.17) is 10.5 Å². The Morgan fingerprint density at radius 1 is 1.57 bits per heavy atom. The lowest BCUT2D eigenvalue weighted by atomic mass is 10.3. The third-order valence-corrected chi connectivity index (χ3v) is 1.56. The molecule has 5 nitrogen and oxygen atoms in total. The number of carbonyl (C=O) groups is 1. The van der Waals surface area contributed by atoms with Gasteiger partial charge in [-0.1, -0.05) is 6.92 Å². The van der Waals surface area contributed by atoms with Gasteiger partial charge in [-0.2, -0.15) is 0 Å². The highest BCUT2D eigenvalue weighted by molar-refractivity contribution is 5.85. The van der Waals surface area contributed by atoms with E-state index in [1.54, 1.807) is 7.11 Å². The molecule has 0 spiro atoms. The monoisotopic (exact) mass is 201 g/mol. The first-order chi connectivity index (χ1) is 6.70. The number of nitrogens with one attached hydrogen (secondary N) is 1. The van der Waals surface area contributed by atoms with Crippen molar-refractivity contribution in [1.82, 2.24) is 5.32 Å². The minimum atomic E-state index is -0.124. The lowest BCUT2D eigenvalue weighted by molar-refractivity contribution is -0.119. The molecule has 0 aromatic heterocycles. The van der Waals surface area contributed by atoms with Crippen LogP contribution in [-0.2, 0) is 9.53 Å². The first-order valence-corrected chi connectivity index (χ1v) is 4.75. The Labute approximate surface area is 84.7 Å². The summed E-state index contributed by atoms with van der Waals surface area (Å²) in [6.45, 7) is 3.15. The Hall–Kier alpha value is -1.10. The topological polar surface area (TPSA) is 76.7 Å². The van der Waals surface area contributed by atoms with E-state index < -0.39 is 0 Å². The molecular weight excluding hydrogens is 182 g/mol. The van der Waals surface area contributed by atoms with Crippen molar-refractivity contribution in [3.05, 3.63) is 0 Å². The van der Waals surface area contributed by atoms with Gasteiger partial charge in [-0.25, -0.2) is 0 Å². The highest BCUT2D eigenvalue weighted by atomic mass is 16.5. The predicted molar refractivity (Wildman–Crippen MR) is 56.3 cm³/mol. The zero-order chi connectivity index (χ0) is 10.8. The number of nitrogens with zero attached hydrogens (tertiary/aromatic N) is 1. The van der Waals surface area contributed by atoms with E-state index in [0.29, 0.717) is 19.0 Å². The summed E-state index contributed by atoms with van der Waals surface area (Å²) in [5.74, 6) is 0.412. The van der Waals surface area contributed by atoms with Crippen LogP contribution in [0.25, 0.3) is 0 Å². The second-order valence-corrected chi connectivity index (χ2v) is 2.90. The summed E-state index contributed by atoms with van der Waals surface area (Å²) < 4.78 is 4.78. The Balaban J connectivity index is 3.56. The van der Waals surface area contributed by atoms with Crippen molar-refractivity contribution in [2.45, 2.75) is 19.8 Å². The Kier molecular flexibility index (Phi) is 7.83. The molecule has 0 fully saturated rings. The second kappa shape index (κ2) is 8.50. The number of ether oxygens (including phenoxy) is 1. The number of hydrogen-bond acceptors (Lipinski definition) is 3. The molecule has 0 saturated carbocycles. The average Bonchev–Trinajstić information content (AvgIpc) is 2.16. The van der Waals surface area contributed by atoms with E-state index in [1.807, 2.05) is 6.92 Å². The van der Waals surface area contributed by atoms with Crippen LogP contribution in [0.15, 0.2) is 4.99 Å². The maximum atomic E-state index is 11.1. The van der Waals surface area contributed by atoms with Crippen LogP contribution in [0.1, 0.15) is 19.8 Å². The Bertz CT molecular complexity index is 192. The largest absolute Gasteiger partial charge is 0.387 e. The zero-order valence-electron chi connectivity index (χ0n) is 8.88. The van der Waals surface area contributed by atoms with Gasteiger partial charge >= 0.3 is 0 Å². The van der Waals surface area contributed by atoms with Crippen LogP contribution in [0.2, 0.25) is 0 Å². The van der Waals surface area contributed by atoms with Crippen LogP contribution in [0, 0.1) is 0 Å². The molecule has 0 heterocycles. The van der Waals surface area contributed by atoms with Crippen molar-refractivity contribution in [2.75, 3.05) is 26.8 Å². The third-order valence-electron chi connectivity index (χ3n) is 1.56. The minimum absolute atomic E-state index is 0.107. The molecule has 0 aliphatic carbocycles. The smallest absolute Gasteiger partial charge is 0.241 e. The van der Waals surface area contributed by atoms with Crippen molar-refractivity contribution in [2.24, 2.45) is 10.7 Å². The number of aliphatic imine (C=N–C) groups is 1. The first kappa shape index (κ1) is 12.9. The van der Waals surface area contributed by atoms with E-state index in [-0.39, 0.29) is 12.5 Å². The van der Waals surface area contributed by atoms with Gasteiger partial charge in [0.25, 0.3) is 0 Å². The quantitative estimate of drug-likeness (QED) is 0.343. The first-order valence-electron chi connectivity index (χ1n) is 4.75. The molecule has 0 aromatic rings. The van der Waals surface area contributed by atoms with Crippen molar-refractivity contribution < 1.29 is 9.53 Å². The maximum absolute atomic E-state index is 11.1. The van der Waals surface area contributed by atoms with Crippen LogP contribution in [0.4, 0.5) is 0 Å². The molecule has 0 rings (SSSR count). The number of rotatable bonds is 7. The van der Waals surface area contributed by atoms with E-state index in [0.717, 1.165) is 12.8 Å². The average molecular weight is 201 g/mol. The summed E-state index contributed by atoms with van der Waals surface area (Å²) >= 11 is 0. The normalized spacial score (nSPS) is 11.4. The zero-order valence-corrected chi connectivity index (χ0v) is 8.88. The highest BCUT2D eigenvalue weighted by Crippen LogP contribution is 1.86. The molecule has 3 N–H and O–H groups in total. The Morgan fingerprint density at radius 2 is 2.29 bits per heavy atom. The molecule has 0 aromatic carbocycles. The lowest BCUT2D eigenvalue weighted by Crippen LogP contribution is -2.29. The van der Waals surface area contributed by atoms with E-state index in [1.165, 1.54) is 0 Å². The van der Waals surface area contributed by atoms with Gasteiger partial charge < -0.3 is 15.8 Å². The molecule has 0 radical (unpaired) electrons. The SMILES string of the molecule is CCCC(N)=NCC(=O)NCCOC. The van der Waals surface area contributed by atoms with Gasteiger partial charge in [0.1, 0.15) is 6.54 Å². The number of carbonyl (C=O) groups excluding carboxylic acids is 1. The third kappa shape index (κ3) is 7.54. The van der Waals surface area contributed by atoms with Gasteiger partial charge in [-0.15, -0.1) is 0 Å². The van der Waals surface area contributed by atoms with Gasteiger partial charge in [0.2, 0.25) is 5.91 Å². The number of amidine groups is 1. The summed E-state index contributed by atoms with van der Waals surface area (Å²) in [5, 5.41) is 2.65. The maximum Gasteiger partial charge on any atom is 0.241 e. The van der Waals surface area contributed by atoms with Crippen molar-refractivity contribution in [1.29, 1.82) is 0 Å². The van der Waals surface area contributed by atoms with E-state index in [2.05, 4.69) is 10.3 Å². The molecular formula is C9H19N3O2. The van der Waals surface area contributed by atoms with Crippen LogP contribution in [0.3, 0.4) is 0 Å². The molecule has 0 atom stereocenters. The predicted octanol–water partition coefficient (Wildman–Crippen LogP) is -0.0937. The molecule has 0 saturated heterocycles. The summed E-state index contributed by atoms with van der Waals surface area (Å²) in [5.41, 5.74) is 5.53. The standard InChI is InChI=1S/C9H19N3O2/c1-3-4-8(10)12-7-9(13)11-5-6-14-2/h3-7H2,1-2H3,(H2,10,12)(H,11,13). The van der Waals surface area contributed by atoms with Gasteiger partial charge in [0, 0.05) is 20.1 Å². The second-order valence-electron chi connectivity index (χ2n) is 2.90. The van der Waals surface area contributed by atoms with Gasteiger partial charge in [0.05, 0.1) is 12.4 Å². The van der Waals surface area contributed by atoms with Crippen LogP contribution < -0.4 is 11.1 Å². The summed E-state index contributed by atoms with van der Waals surface area (Å²) in [6.07, 6.45) is 1.69. The van der Waals surface area contributed by atoms with Crippen molar-refractivity contribution in [3.8, 4) is 0 Å². The molecule has 82 valence electrons. The van der Waals surface area contributed by atoms with Crippen molar-refractivity contribution >= 4 is 11.7 Å².